The Kier molecular flexibility index (Phi) is 21.5. The number of hydrogen-bond acceptors (Lipinski definition) is 14. The van der Waals surface area contributed by atoms with Gasteiger partial charge in [-0.1, -0.05) is 196 Å². The fourth-order valence-corrected chi connectivity index (χ4v) is 20.3. The Labute approximate surface area is 599 Å². The Bertz CT molecular complexity index is 3430. The first-order valence-corrected chi connectivity index (χ1v) is 39.1. The van der Waals surface area contributed by atoms with Crippen LogP contribution in [0.2, 0.25) is 0 Å². The van der Waals surface area contributed by atoms with Gasteiger partial charge >= 0.3 is 26.4 Å². The van der Waals surface area contributed by atoms with Crippen LogP contribution >= 0.6 is 0 Å². The number of benzene rings is 3. The molecule has 0 spiro atoms. The maximum absolute atomic E-state index is 14.7. The third kappa shape index (κ3) is 14.9. The summed E-state index contributed by atoms with van der Waals surface area (Å²) in [6.45, 7) is 16.7. The summed E-state index contributed by atoms with van der Waals surface area (Å²) in [7, 11) is -1.09. The molecule has 16 atom stereocenters. The number of nitrogens with zero attached hydrogens (tertiary/aromatic N) is 4. The molecular weight excluding hydrogens is 1270 g/mol. The molecule has 5 N–H and O–H groups in total. The van der Waals surface area contributed by atoms with Crippen LogP contribution in [0.1, 0.15) is 223 Å². The van der Waals surface area contributed by atoms with E-state index in [4.69, 9.17) is 33.8 Å². The largest absolute Gasteiger partial charge is 0.481 e. The van der Waals surface area contributed by atoms with Crippen molar-refractivity contribution in [3.05, 3.63) is 107 Å². The summed E-state index contributed by atoms with van der Waals surface area (Å²) in [5, 5.41) is 10.2. The molecule has 0 radical (unpaired) electrons. The Balaban J connectivity index is 0.000000173. The average molecular weight is 1390 g/mol. The first kappa shape index (κ1) is 71.9. The van der Waals surface area contributed by atoms with E-state index in [2.05, 4.69) is 69.6 Å². The van der Waals surface area contributed by atoms with E-state index in [0.29, 0.717) is 69.2 Å². The summed E-state index contributed by atoms with van der Waals surface area (Å²) >= 11 is 0. The second-order valence-corrected chi connectivity index (χ2v) is 33.8. The standard InChI is InChI=1S/C43H59BN4O6.C36H53BN4O6/c1-42(2)32-22-36(42)43(3)37(23-32)53-44(54-43)38-21-13-8-6-4-5-7-12-20-34(45-25-29-16-10-9-11-17-29)40(50)48-28-33(24-35(48)39(49)46-38)52-41(51)47-26-30-18-14-15-19-31(30)27-47;1-35(2)25-17-29(35)36(3)30(18-25)46-37(47-36)31-16-10-8-6-4-5-7-9-15-27(38)33(43)41-22-26(19-28(41)32(42)39-31)45-34(44)40-20-23-13-11-12-14-24(23)21-40/h9-11,14-19,32-38,45H,4-8,12-13,20-28H2,1-3H3,(H,46,49);11-14,25-31H,4-10,15-22,38H2,1-3H3,(H,39,42)/t32?,33-,34+,35+,36?,37?,38+,43?;25?,26-,27+,28+,29?,30?,31+,36?/m11/s1. The topological polar surface area (TPSA) is 233 Å². The number of amides is 6. The summed E-state index contributed by atoms with van der Waals surface area (Å²) in [6.07, 6.45) is 20.3. The highest BCUT2D eigenvalue weighted by Crippen LogP contribution is 2.67. The summed E-state index contributed by atoms with van der Waals surface area (Å²) in [6, 6.07) is 23.4. The lowest BCUT2D eigenvalue weighted by Crippen LogP contribution is -2.65. The van der Waals surface area contributed by atoms with E-state index in [0.717, 1.165) is 156 Å². The summed E-state index contributed by atoms with van der Waals surface area (Å²) < 4.78 is 39.2. The number of carbonyl (C=O) groups is 6. The van der Waals surface area contributed by atoms with E-state index in [-0.39, 0.29) is 95.7 Å². The predicted octanol–water partition coefficient (Wildman–Crippen LogP) is 11.3. The highest BCUT2D eigenvalue weighted by molar-refractivity contribution is 6.48. The van der Waals surface area contributed by atoms with Gasteiger partial charge in [0.1, 0.15) is 24.3 Å². The van der Waals surface area contributed by atoms with Crippen LogP contribution in [-0.4, -0.2) is 154 Å². The zero-order valence-electron chi connectivity index (χ0n) is 60.9. The van der Waals surface area contributed by atoms with Crippen LogP contribution in [0.25, 0.3) is 0 Å². The number of ether oxygens (including phenoxy) is 2. The molecule has 8 aliphatic heterocycles. The highest BCUT2D eigenvalue weighted by atomic mass is 16.7. The van der Waals surface area contributed by atoms with E-state index in [1.54, 1.807) is 19.6 Å². The van der Waals surface area contributed by atoms with Gasteiger partial charge in [-0.15, -0.1) is 0 Å². The van der Waals surface area contributed by atoms with Gasteiger partial charge in [-0.05, 0) is 128 Å². The summed E-state index contributed by atoms with van der Waals surface area (Å²) in [4.78, 5) is 90.7. The maximum atomic E-state index is 14.7. The van der Waals surface area contributed by atoms with Crippen molar-refractivity contribution >= 4 is 50.1 Å². The Hall–Kier alpha value is -6.03. The zero-order valence-corrected chi connectivity index (χ0v) is 60.9. The van der Waals surface area contributed by atoms with E-state index in [1.165, 1.54) is 0 Å². The smallest absolute Gasteiger partial charge is 0.444 e. The molecule has 12 fully saturated rings. The van der Waals surface area contributed by atoms with Gasteiger partial charge in [-0.25, -0.2) is 9.59 Å². The minimum atomic E-state index is -0.788. The van der Waals surface area contributed by atoms with E-state index in [1.807, 2.05) is 66.7 Å². The number of carbonyl (C=O) groups excluding carboxylic acids is 6. The lowest BCUT2D eigenvalue weighted by Gasteiger charge is -2.64. The van der Waals surface area contributed by atoms with Gasteiger partial charge in [0.05, 0.1) is 60.5 Å². The predicted molar refractivity (Wildman–Crippen MR) is 384 cm³/mol. The maximum Gasteiger partial charge on any atom is 0.481 e. The van der Waals surface area contributed by atoms with Crippen LogP contribution < -0.4 is 21.7 Å². The molecule has 546 valence electrons. The van der Waals surface area contributed by atoms with Crippen molar-refractivity contribution in [2.24, 2.45) is 40.2 Å². The van der Waals surface area contributed by atoms with Crippen molar-refractivity contribution in [2.75, 3.05) is 13.1 Å². The molecule has 6 saturated heterocycles. The summed E-state index contributed by atoms with van der Waals surface area (Å²) in [5.41, 5.74) is 11.7. The molecular formula is C79H112B2N8O12. The lowest BCUT2D eigenvalue weighted by atomic mass is 9.43. The Morgan fingerprint density at radius 3 is 1.32 bits per heavy atom. The van der Waals surface area contributed by atoms with Crippen molar-refractivity contribution in [3.63, 3.8) is 0 Å². The van der Waals surface area contributed by atoms with Crippen molar-refractivity contribution in [1.82, 2.24) is 35.6 Å². The molecule has 4 bridgehead atoms. The van der Waals surface area contributed by atoms with Crippen LogP contribution in [0.5, 0.6) is 0 Å². The molecule has 101 heavy (non-hydrogen) atoms. The zero-order chi connectivity index (χ0) is 70.4. The molecule has 8 unspecified atom stereocenters. The molecule has 6 aliphatic carbocycles. The Morgan fingerprint density at radius 1 is 0.505 bits per heavy atom. The normalized spacial score (nSPS) is 35.6. The third-order valence-electron chi connectivity index (χ3n) is 26.7. The average Bonchev–Trinajstić information content (AvgIpc) is 1.66. The molecule has 20 nitrogen and oxygen atoms in total. The summed E-state index contributed by atoms with van der Waals surface area (Å²) in [5.74, 6) is 0.567. The molecule has 22 heteroatoms. The third-order valence-corrected chi connectivity index (χ3v) is 26.7. The first-order valence-electron chi connectivity index (χ1n) is 39.1. The molecule has 3 aromatic carbocycles. The van der Waals surface area contributed by atoms with Gasteiger partial charge in [0.25, 0.3) is 0 Å². The molecule has 8 heterocycles. The van der Waals surface area contributed by atoms with Gasteiger partial charge in [-0.3, -0.25) is 29.0 Å². The molecule has 14 aliphatic rings. The van der Waals surface area contributed by atoms with Gasteiger partial charge in [0.2, 0.25) is 23.6 Å². The van der Waals surface area contributed by atoms with Crippen molar-refractivity contribution in [1.29, 1.82) is 0 Å². The minimum Gasteiger partial charge on any atom is -0.444 e. The van der Waals surface area contributed by atoms with Crippen LogP contribution in [0.15, 0.2) is 78.9 Å². The van der Waals surface area contributed by atoms with Crippen LogP contribution in [0.3, 0.4) is 0 Å². The molecule has 3 aromatic rings. The van der Waals surface area contributed by atoms with Gasteiger partial charge < -0.3 is 59.6 Å². The fourth-order valence-electron chi connectivity index (χ4n) is 20.3. The highest BCUT2D eigenvalue weighted by Gasteiger charge is 2.70. The first-order chi connectivity index (χ1) is 48.6. The van der Waals surface area contributed by atoms with Crippen LogP contribution in [-0.2, 0) is 80.0 Å². The second-order valence-electron chi connectivity index (χ2n) is 33.8. The van der Waals surface area contributed by atoms with Crippen molar-refractivity contribution in [2.45, 2.75) is 300 Å². The fraction of sp³-hybridized carbons (Fsp3) is 0.696. The van der Waals surface area contributed by atoms with Crippen molar-refractivity contribution < 1.29 is 56.9 Å². The molecule has 17 rings (SSSR count). The number of nitrogens with one attached hydrogen (secondary N) is 3. The van der Waals surface area contributed by atoms with Gasteiger partial charge in [0.15, 0.2) is 0 Å². The number of hydrogen-bond donors (Lipinski definition) is 4. The van der Waals surface area contributed by atoms with Crippen LogP contribution in [0.4, 0.5) is 9.59 Å². The number of fused-ring (bicyclic) bond motifs is 4. The second kappa shape index (κ2) is 30.2. The lowest BCUT2D eigenvalue weighted by molar-refractivity contribution is -0.199. The molecule has 6 saturated carbocycles. The van der Waals surface area contributed by atoms with Crippen LogP contribution in [0, 0.1) is 34.5 Å². The monoisotopic (exact) mass is 1390 g/mol. The quantitative estimate of drug-likeness (QED) is 0.161. The van der Waals surface area contributed by atoms with Gasteiger partial charge in [-0.2, -0.15) is 0 Å². The molecule has 6 amide bonds. The Morgan fingerprint density at radius 2 is 0.891 bits per heavy atom. The van der Waals surface area contributed by atoms with E-state index >= 15 is 0 Å². The van der Waals surface area contributed by atoms with Gasteiger partial charge in [0, 0.05) is 45.6 Å². The SMILES string of the molecule is CC1(C)C2CC3OB([C@@H]4CCCCCCCCC[C@H](N)C(=O)N5C[C@H](OC(=O)N6Cc7ccccc7C6)C[C@H]5C(=O)N4)OC3(C)C1C2.CC1(C)C2CC3OB([C@@H]4CCCCCCCCC[C@H](NCc5ccccc5)C(=O)N5C[C@H](OC(=O)N6Cc7ccccc7C6)C[C@H]5C(=O)N4)OC3(C)C1C2. The van der Waals surface area contributed by atoms with Crippen molar-refractivity contribution in [3.8, 4) is 0 Å². The number of nitrogens with two attached hydrogens (primary N) is 1. The molecule has 0 aromatic heterocycles. The minimum absolute atomic E-state index is 0.0121. The van der Waals surface area contributed by atoms with E-state index in [9.17, 15) is 28.8 Å². The number of rotatable bonds is 7. The van der Waals surface area contributed by atoms with E-state index < -0.39 is 62.8 Å².